The second-order valence-electron chi connectivity index (χ2n) is 6.03. The Kier molecular flexibility index (Phi) is 6.05. The first-order valence-corrected chi connectivity index (χ1v) is 8.67. The Morgan fingerprint density at radius 2 is 1.59 bits per heavy atom. The summed E-state index contributed by atoms with van der Waals surface area (Å²) in [7, 11) is 0. The summed E-state index contributed by atoms with van der Waals surface area (Å²) in [6, 6.07) is 13.7. The quantitative estimate of drug-likeness (QED) is 0.694. The van der Waals surface area contributed by atoms with Crippen LogP contribution in [0.4, 0.5) is 5.69 Å². The third-order valence-corrected chi connectivity index (χ3v) is 3.99. The van der Waals surface area contributed by atoms with Gasteiger partial charge in [0.1, 0.15) is 0 Å². The van der Waals surface area contributed by atoms with Gasteiger partial charge in [0, 0.05) is 22.4 Å². The molecule has 0 bridgehead atoms. The van der Waals surface area contributed by atoms with Crippen molar-refractivity contribution in [1.29, 1.82) is 0 Å². The summed E-state index contributed by atoms with van der Waals surface area (Å²) in [6.07, 6.45) is 3.08. The van der Waals surface area contributed by atoms with E-state index >= 15 is 0 Å². The Morgan fingerprint density at radius 1 is 1.00 bits per heavy atom. The molecule has 2 aromatic rings. The molecule has 0 radical (unpaired) electrons. The van der Waals surface area contributed by atoms with Gasteiger partial charge < -0.3 is 20.3 Å². The lowest BCUT2D eigenvalue weighted by molar-refractivity contribution is 0.0697. The van der Waals surface area contributed by atoms with Crippen molar-refractivity contribution in [2.45, 2.75) is 0 Å². The number of hydrogen-bond donors (Lipinski definition) is 3. The van der Waals surface area contributed by atoms with Gasteiger partial charge in [0.15, 0.2) is 11.5 Å². The Hall–Kier alpha value is -4.35. The van der Waals surface area contributed by atoms with Crippen LogP contribution in [0, 0.1) is 23.7 Å². The zero-order valence-corrected chi connectivity index (χ0v) is 15.4. The molecule has 0 aliphatic carbocycles. The smallest absolute Gasteiger partial charge is 0.335 e. The van der Waals surface area contributed by atoms with E-state index in [-0.39, 0.29) is 11.3 Å². The van der Waals surface area contributed by atoms with Gasteiger partial charge in [0.05, 0.1) is 18.4 Å². The van der Waals surface area contributed by atoms with Gasteiger partial charge in [-0.05, 0) is 66.4 Å². The van der Waals surface area contributed by atoms with Gasteiger partial charge in [0.2, 0.25) is 0 Å². The first kappa shape index (κ1) is 19.4. The Morgan fingerprint density at radius 3 is 2.17 bits per heavy atom. The molecular weight excluding hydrogens is 366 g/mol. The normalized spacial score (nSPS) is 12.2. The van der Waals surface area contributed by atoms with Crippen molar-refractivity contribution in [2.75, 3.05) is 11.9 Å². The second-order valence-corrected chi connectivity index (χ2v) is 6.03. The summed E-state index contributed by atoms with van der Waals surface area (Å²) >= 11 is 0. The molecule has 5 nitrogen and oxygen atoms in total. The summed E-state index contributed by atoms with van der Waals surface area (Å²) in [5, 5.41) is 21.9. The highest BCUT2D eigenvalue weighted by molar-refractivity contribution is 5.87. The van der Waals surface area contributed by atoms with Gasteiger partial charge in [0.25, 0.3) is 0 Å². The monoisotopic (exact) mass is 383 g/mol. The molecule has 1 aliphatic rings. The molecule has 2 aromatic carbocycles. The first-order chi connectivity index (χ1) is 14.0. The van der Waals surface area contributed by atoms with E-state index in [0.29, 0.717) is 23.4 Å². The molecule has 0 saturated carbocycles. The number of carbonyl (C=O) groups is 1. The average molecular weight is 383 g/mol. The maximum Gasteiger partial charge on any atom is 0.335 e. The SMILES string of the molecule is C=C1C=COC(CNc2ccc(C#CC#Cc3ccc(C(=O)O)cc3)cc2)=C1O. The number of rotatable bonds is 4. The molecule has 142 valence electrons. The van der Waals surface area contributed by atoms with Crippen LogP contribution >= 0.6 is 0 Å². The standard InChI is InChI=1S/C24H17NO4/c1-17-14-15-29-22(23(17)26)16-25-21-12-8-19(9-13-21)5-3-2-4-18-6-10-20(11-7-18)24(27)28/h6-15,25-26H,1,16H2,(H,27,28). The second kappa shape index (κ2) is 9.03. The maximum absolute atomic E-state index is 10.8. The van der Waals surface area contributed by atoms with E-state index in [1.807, 2.05) is 24.3 Å². The molecule has 0 atom stereocenters. The fourth-order valence-electron chi connectivity index (χ4n) is 2.39. The summed E-state index contributed by atoms with van der Waals surface area (Å²) in [4.78, 5) is 10.8. The van der Waals surface area contributed by atoms with E-state index in [1.165, 1.54) is 18.4 Å². The molecule has 0 aromatic heterocycles. The lowest BCUT2D eigenvalue weighted by Crippen LogP contribution is -2.11. The van der Waals surface area contributed by atoms with Crippen LogP contribution in [0.3, 0.4) is 0 Å². The topological polar surface area (TPSA) is 78.8 Å². The number of benzene rings is 2. The summed E-state index contributed by atoms with van der Waals surface area (Å²) in [5.74, 6) is 10.8. The first-order valence-electron chi connectivity index (χ1n) is 8.67. The number of aliphatic hydroxyl groups is 1. The lowest BCUT2D eigenvalue weighted by Gasteiger charge is -2.15. The van der Waals surface area contributed by atoms with Crippen molar-refractivity contribution in [3.05, 3.63) is 101 Å². The van der Waals surface area contributed by atoms with Gasteiger partial charge in [-0.2, -0.15) is 0 Å². The molecule has 0 fully saturated rings. The minimum absolute atomic E-state index is 0.0404. The van der Waals surface area contributed by atoms with Gasteiger partial charge >= 0.3 is 5.97 Å². The predicted octanol–water partition coefficient (Wildman–Crippen LogP) is 4.07. The van der Waals surface area contributed by atoms with Crippen LogP contribution in [0.5, 0.6) is 0 Å². The van der Waals surface area contributed by atoms with E-state index in [0.717, 1.165) is 11.3 Å². The molecule has 1 heterocycles. The summed E-state index contributed by atoms with van der Waals surface area (Å²) in [6.45, 7) is 4.05. The minimum atomic E-state index is -0.968. The van der Waals surface area contributed by atoms with Crippen molar-refractivity contribution in [2.24, 2.45) is 0 Å². The maximum atomic E-state index is 10.8. The number of allylic oxidation sites excluding steroid dienone is 1. The number of anilines is 1. The predicted molar refractivity (Wildman–Crippen MR) is 111 cm³/mol. The fourth-order valence-corrected chi connectivity index (χ4v) is 2.39. The minimum Gasteiger partial charge on any atom is -0.504 e. The average Bonchev–Trinajstić information content (AvgIpc) is 2.73. The van der Waals surface area contributed by atoms with Gasteiger partial charge in [-0.25, -0.2) is 4.79 Å². The highest BCUT2D eigenvalue weighted by atomic mass is 16.5. The van der Waals surface area contributed by atoms with Crippen LogP contribution in [-0.4, -0.2) is 22.7 Å². The molecule has 3 N–H and O–H groups in total. The van der Waals surface area contributed by atoms with E-state index in [2.05, 4.69) is 35.6 Å². The fraction of sp³-hybridized carbons (Fsp3) is 0.0417. The highest BCUT2D eigenvalue weighted by Crippen LogP contribution is 2.19. The molecule has 0 spiro atoms. The highest BCUT2D eigenvalue weighted by Gasteiger charge is 2.12. The largest absolute Gasteiger partial charge is 0.504 e. The van der Waals surface area contributed by atoms with Crippen LogP contribution in [0.25, 0.3) is 0 Å². The van der Waals surface area contributed by atoms with Crippen molar-refractivity contribution in [3.63, 3.8) is 0 Å². The van der Waals surface area contributed by atoms with Gasteiger partial charge in [-0.15, -0.1) is 0 Å². The van der Waals surface area contributed by atoms with E-state index in [9.17, 15) is 9.90 Å². The van der Waals surface area contributed by atoms with Gasteiger partial charge in [-0.3, -0.25) is 0 Å². The molecule has 0 amide bonds. The van der Waals surface area contributed by atoms with Crippen molar-refractivity contribution in [1.82, 2.24) is 0 Å². The number of nitrogens with one attached hydrogen (secondary N) is 1. The number of ether oxygens (including phenoxy) is 1. The van der Waals surface area contributed by atoms with E-state index in [4.69, 9.17) is 9.84 Å². The molecule has 1 aliphatic heterocycles. The summed E-state index contributed by atoms with van der Waals surface area (Å²) < 4.78 is 5.29. The van der Waals surface area contributed by atoms with Crippen LogP contribution < -0.4 is 5.32 Å². The zero-order chi connectivity index (χ0) is 20.6. The number of hydrogen-bond acceptors (Lipinski definition) is 4. The van der Waals surface area contributed by atoms with Crippen molar-refractivity contribution in [3.8, 4) is 23.7 Å². The summed E-state index contributed by atoms with van der Waals surface area (Å²) in [5.41, 5.74) is 3.09. The van der Waals surface area contributed by atoms with Crippen molar-refractivity contribution < 1.29 is 19.7 Å². The van der Waals surface area contributed by atoms with E-state index < -0.39 is 5.97 Å². The molecule has 29 heavy (non-hydrogen) atoms. The molecule has 0 unspecified atom stereocenters. The lowest BCUT2D eigenvalue weighted by atomic mass is 10.1. The Labute approximate surface area is 168 Å². The number of aromatic carboxylic acids is 1. The van der Waals surface area contributed by atoms with Gasteiger partial charge in [-0.1, -0.05) is 18.4 Å². The third kappa shape index (κ3) is 5.32. The molecule has 0 saturated heterocycles. The molecule has 3 rings (SSSR count). The van der Waals surface area contributed by atoms with Crippen LogP contribution in [-0.2, 0) is 4.74 Å². The number of carboxylic acids is 1. The van der Waals surface area contributed by atoms with E-state index in [1.54, 1.807) is 18.2 Å². The van der Waals surface area contributed by atoms with Crippen LogP contribution in [0.2, 0.25) is 0 Å². The Bertz CT molecular complexity index is 1120. The third-order valence-electron chi connectivity index (χ3n) is 3.99. The zero-order valence-electron chi connectivity index (χ0n) is 15.4. The Balaban J connectivity index is 1.57. The van der Waals surface area contributed by atoms with Crippen molar-refractivity contribution >= 4 is 11.7 Å². The number of aliphatic hydroxyl groups excluding tert-OH is 1. The van der Waals surface area contributed by atoms with Crippen LogP contribution in [0.1, 0.15) is 21.5 Å². The van der Waals surface area contributed by atoms with Crippen LogP contribution in [0.15, 0.2) is 84.5 Å². The molecular formula is C24H17NO4. The molecule has 5 heteroatoms. The number of carboxylic acid groups (broad SMARTS) is 1.